The van der Waals surface area contributed by atoms with Crippen molar-refractivity contribution in [2.24, 2.45) is 14.1 Å². The van der Waals surface area contributed by atoms with Gasteiger partial charge in [0.15, 0.2) is 34.5 Å². The highest BCUT2D eigenvalue weighted by atomic mass is 32.1. The van der Waals surface area contributed by atoms with E-state index in [0.29, 0.717) is 46.0 Å². The molecule has 0 aliphatic carbocycles. The van der Waals surface area contributed by atoms with Crippen molar-refractivity contribution in [1.82, 2.24) is 9.13 Å². The van der Waals surface area contributed by atoms with Gasteiger partial charge in [0.2, 0.25) is 11.5 Å². The number of aryl methyl sites for hydroxylation is 2. The molecule has 0 aliphatic heterocycles. The summed E-state index contributed by atoms with van der Waals surface area (Å²) in [6.45, 7) is 0. The Morgan fingerprint density at radius 3 is 1.02 bits per heavy atom. The zero-order valence-electron chi connectivity index (χ0n) is 24.1. The summed E-state index contributed by atoms with van der Waals surface area (Å²) in [4.78, 5) is 0. The third-order valence-corrected chi connectivity index (χ3v) is 9.38. The summed E-state index contributed by atoms with van der Waals surface area (Å²) >= 11 is 3.06. The second kappa shape index (κ2) is 10.6. The van der Waals surface area contributed by atoms with Gasteiger partial charge in [-0.1, -0.05) is 0 Å². The highest BCUT2D eigenvalue weighted by Gasteiger charge is 2.27. The van der Waals surface area contributed by atoms with Crippen LogP contribution in [0.5, 0.6) is 46.0 Å². The number of hydrogen-bond donors (Lipinski definition) is 0. The van der Waals surface area contributed by atoms with E-state index >= 15 is 0 Å². The van der Waals surface area contributed by atoms with E-state index in [9.17, 15) is 0 Å². The Morgan fingerprint density at radius 1 is 0.425 bits per heavy atom. The summed E-state index contributed by atoms with van der Waals surface area (Å²) in [5.41, 5.74) is 3.47. The number of ether oxygens (including phenoxy) is 8. The van der Waals surface area contributed by atoms with E-state index in [-0.39, 0.29) is 0 Å². The molecule has 0 radical (unpaired) electrons. The van der Waals surface area contributed by atoms with E-state index < -0.39 is 0 Å². The normalized spacial score (nSPS) is 11.2. The maximum atomic E-state index is 6.15. The summed E-state index contributed by atoms with van der Waals surface area (Å²) in [7, 11) is 17.0. The van der Waals surface area contributed by atoms with Crippen LogP contribution in [0, 0.1) is 0 Å². The van der Waals surface area contributed by atoms with E-state index in [2.05, 4.69) is 9.13 Å². The van der Waals surface area contributed by atoms with Gasteiger partial charge in [0.05, 0.1) is 86.7 Å². The monoisotopic (exact) mass is 588 g/mol. The van der Waals surface area contributed by atoms with Crippen molar-refractivity contribution in [2.75, 3.05) is 56.9 Å². The average molecular weight is 589 g/mol. The maximum Gasteiger partial charge on any atom is 0.204 e. The third kappa shape index (κ3) is 3.73. The standard InChI is InChI=1S/C28H32N2O8S2/c1-29-13-11-15(31-3)19(33-5)23(37-9)25(13)39-27-17(29)21(35-7)28-18(22(27)36-8)30(2)14-12-16(32-4)20(34-6)24(38-10)26(14)40-28/h11-12H,1-10H3. The van der Waals surface area contributed by atoms with Gasteiger partial charge in [-0.25, -0.2) is 0 Å². The molecular formula is C28H32N2O8S2. The van der Waals surface area contributed by atoms with Gasteiger partial charge in [-0.05, 0) is 0 Å². The second-order valence-electron chi connectivity index (χ2n) is 8.73. The molecule has 214 valence electrons. The predicted octanol–water partition coefficient (Wildman–Crippen LogP) is 6.29. The topological polar surface area (TPSA) is 83.7 Å². The third-order valence-electron chi connectivity index (χ3n) is 7.01. The first-order valence-electron chi connectivity index (χ1n) is 12.2. The molecule has 0 N–H and O–H groups in total. The molecule has 40 heavy (non-hydrogen) atoms. The first kappa shape index (κ1) is 27.7. The average Bonchev–Trinajstić information content (AvgIpc) is 2.98. The van der Waals surface area contributed by atoms with Gasteiger partial charge >= 0.3 is 0 Å². The molecule has 0 saturated heterocycles. The summed E-state index contributed by atoms with van der Waals surface area (Å²) < 4.78 is 54.3. The number of hydrogen-bond acceptors (Lipinski definition) is 10. The summed E-state index contributed by atoms with van der Waals surface area (Å²) in [5.74, 6) is 4.71. The van der Waals surface area contributed by atoms with Crippen molar-refractivity contribution in [3.05, 3.63) is 12.1 Å². The molecule has 0 saturated carbocycles. The van der Waals surface area contributed by atoms with E-state index in [4.69, 9.17) is 37.9 Å². The molecule has 12 heteroatoms. The molecule has 0 atom stereocenters. The molecule has 10 nitrogen and oxygen atoms in total. The number of rotatable bonds is 8. The predicted molar refractivity (Wildman–Crippen MR) is 160 cm³/mol. The molecule has 0 fully saturated rings. The van der Waals surface area contributed by atoms with Crippen LogP contribution in [-0.2, 0) is 14.1 Å². The largest absolute Gasteiger partial charge is 0.493 e. The van der Waals surface area contributed by atoms with Gasteiger partial charge < -0.3 is 47.0 Å². The molecule has 0 spiro atoms. The van der Waals surface area contributed by atoms with Crippen molar-refractivity contribution < 1.29 is 37.9 Å². The van der Waals surface area contributed by atoms with E-state index in [1.165, 1.54) is 22.7 Å². The van der Waals surface area contributed by atoms with Crippen LogP contribution in [0.2, 0.25) is 0 Å². The second-order valence-corrected chi connectivity index (χ2v) is 10.8. The summed E-state index contributed by atoms with van der Waals surface area (Å²) in [6.07, 6.45) is 0. The van der Waals surface area contributed by atoms with Crippen LogP contribution < -0.4 is 37.9 Å². The lowest BCUT2D eigenvalue weighted by atomic mass is 10.2. The van der Waals surface area contributed by atoms with E-state index in [0.717, 1.165) is 40.9 Å². The Morgan fingerprint density at radius 2 is 0.750 bits per heavy atom. The molecule has 0 amide bonds. The first-order valence-corrected chi connectivity index (χ1v) is 13.8. The number of aromatic nitrogens is 2. The van der Waals surface area contributed by atoms with Crippen LogP contribution in [0.15, 0.2) is 12.1 Å². The van der Waals surface area contributed by atoms with Gasteiger partial charge in [0.25, 0.3) is 0 Å². The van der Waals surface area contributed by atoms with Gasteiger partial charge in [-0.2, -0.15) is 0 Å². The van der Waals surface area contributed by atoms with Crippen LogP contribution in [0.1, 0.15) is 0 Å². The lowest BCUT2D eigenvalue weighted by Crippen LogP contribution is -2.05. The maximum absolute atomic E-state index is 6.15. The number of fused-ring (bicyclic) bond motifs is 4. The molecule has 0 aliphatic rings. The zero-order valence-corrected chi connectivity index (χ0v) is 25.8. The van der Waals surface area contributed by atoms with Crippen LogP contribution in [-0.4, -0.2) is 66.0 Å². The summed E-state index contributed by atoms with van der Waals surface area (Å²) in [6, 6.07) is 3.87. The molecule has 3 aromatic carbocycles. The van der Waals surface area contributed by atoms with E-state index in [1.54, 1.807) is 56.9 Å². The minimum atomic E-state index is 0.520. The van der Waals surface area contributed by atoms with Crippen LogP contribution in [0.25, 0.3) is 40.9 Å². The van der Waals surface area contributed by atoms with Crippen LogP contribution in [0.4, 0.5) is 0 Å². The quantitative estimate of drug-likeness (QED) is 0.196. The number of benzene rings is 3. The highest BCUT2D eigenvalue weighted by molar-refractivity contribution is 7.27. The van der Waals surface area contributed by atoms with Gasteiger partial charge in [0.1, 0.15) is 11.0 Å². The Kier molecular flexibility index (Phi) is 7.32. The van der Waals surface area contributed by atoms with Crippen molar-refractivity contribution >= 4 is 63.5 Å². The van der Waals surface area contributed by atoms with Crippen LogP contribution in [0.3, 0.4) is 0 Å². The number of nitrogens with zero attached hydrogens (tertiary/aromatic N) is 2. The zero-order chi connectivity index (χ0) is 28.9. The van der Waals surface area contributed by atoms with Gasteiger partial charge in [-0.3, -0.25) is 0 Å². The minimum Gasteiger partial charge on any atom is -0.493 e. The molecule has 2 heterocycles. The minimum absolute atomic E-state index is 0.520. The first-order chi connectivity index (χ1) is 19.3. The van der Waals surface area contributed by atoms with Crippen molar-refractivity contribution in [1.29, 1.82) is 0 Å². The van der Waals surface area contributed by atoms with Crippen LogP contribution >= 0.6 is 22.7 Å². The Bertz CT molecular complexity index is 1690. The van der Waals surface area contributed by atoms with Crippen molar-refractivity contribution in [3.63, 3.8) is 0 Å². The fourth-order valence-electron chi connectivity index (χ4n) is 5.19. The molecule has 0 bridgehead atoms. The molecule has 5 aromatic rings. The van der Waals surface area contributed by atoms with Crippen molar-refractivity contribution in [2.45, 2.75) is 0 Å². The van der Waals surface area contributed by atoms with E-state index in [1.807, 2.05) is 26.2 Å². The fraction of sp³-hybridized carbons (Fsp3) is 0.357. The Balaban J connectivity index is 2.09. The smallest absolute Gasteiger partial charge is 0.204 e. The highest BCUT2D eigenvalue weighted by Crippen LogP contribution is 2.54. The SMILES string of the molecule is COc1cc2c(sc3c(OC)c4c(sc5c(OC)c(OC)c(OC)cc5n4C)c(OC)c3n2C)c(OC)c1OC. The lowest BCUT2D eigenvalue weighted by molar-refractivity contribution is 0.327. The Hall–Kier alpha value is -3.90. The fourth-order valence-corrected chi connectivity index (χ4v) is 7.93. The van der Waals surface area contributed by atoms with Gasteiger partial charge in [0, 0.05) is 26.2 Å². The Labute approximate surface area is 239 Å². The summed E-state index contributed by atoms with van der Waals surface area (Å²) in [5, 5.41) is 0. The lowest BCUT2D eigenvalue weighted by Gasteiger charge is -2.23. The number of methoxy groups -OCH3 is 8. The molecule has 2 aromatic heterocycles. The molecular weight excluding hydrogens is 556 g/mol. The molecule has 0 unspecified atom stereocenters. The van der Waals surface area contributed by atoms with Gasteiger partial charge in [-0.15, -0.1) is 22.7 Å². The van der Waals surface area contributed by atoms with Crippen molar-refractivity contribution in [3.8, 4) is 46.0 Å². The molecule has 5 rings (SSSR count).